The van der Waals surface area contributed by atoms with Crippen molar-refractivity contribution in [2.24, 2.45) is 5.73 Å². The molecule has 1 heterocycles. The van der Waals surface area contributed by atoms with Crippen LogP contribution in [0.4, 0.5) is 0 Å². The van der Waals surface area contributed by atoms with E-state index in [9.17, 15) is 9.59 Å². The summed E-state index contributed by atoms with van der Waals surface area (Å²) in [4.78, 5) is 22.5. The maximum absolute atomic E-state index is 11.3. The minimum absolute atomic E-state index is 0.204. The van der Waals surface area contributed by atoms with Crippen LogP contribution in [0.5, 0.6) is 0 Å². The second kappa shape index (κ2) is 6.12. The Morgan fingerprint density at radius 1 is 1.22 bits per heavy atom. The lowest BCUT2D eigenvalue weighted by atomic mass is 9.92. The van der Waals surface area contributed by atoms with Crippen molar-refractivity contribution in [3.63, 3.8) is 0 Å². The quantitative estimate of drug-likeness (QED) is 0.661. The Bertz CT molecular complexity index is 321. The molecule has 7 nitrogen and oxygen atoms in total. The standard InChI is InChI=1S/C11H20N2O5/c1-5-7(13-6(2)14)8(16-3)9(17-4)10(18-5)11(12)15/h5,7-10H,1-4H3,(H2,12,15)(H,13,14)/t5?,7-,8+,9+,10-/m0/s1. The molecular weight excluding hydrogens is 240 g/mol. The predicted octanol–water partition coefficient (Wildman–Crippen LogP) is -1.21. The van der Waals surface area contributed by atoms with E-state index in [1.165, 1.54) is 21.1 Å². The third-order valence-corrected chi connectivity index (χ3v) is 3.04. The largest absolute Gasteiger partial charge is 0.376 e. The molecule has 1 saturated heterocycles. The van der Waals surface area contributed by atoms with Gasteiger partial charge in [0, 0.05) is 21.1 Å². The maximum Gasteiger partial charge on any atom is 0.249 e. The van der Waals surface area contributed by atoms with Crippen molar-refractivity contribution in [2.75, 3.05) is 14.2 Å². The number of hydrogen-bond donors (Lipinski definition) is 2. The van der Waals surface area contributed by atoms with Crippen LogP contribution in [0.15, 0.2) is 0 Å². The van der Waals surface area contributed by atoms with Crippen LogP contribution in [0.2, 0.25) is 0 Å². The van der Waals surface area contributed by atoms with E-state index < -0.39 is 36.4 Å². The Hall–Kier alpha value is -1.18. The second-order valence-electron chi connectivity index (χ2n) is 4.29. The van der Waals surface area contributed by atoms with Crippen LogP contribution < -0.4 is 11.1 Å². The van der Waals surface area contributed by atoms with E-state index >= 15 is 0 Å². The predicted molar refractivity (Wildman–Crippen MR) is 62.7 cm³/mol. The highest BCUT2D eigenvalue weighted by molar-refractivity contribution is 5.80. The molecule has 2 amide bonds. The molecule has 1 unspecified atom stereocenters. The summed E-state index contributed by atoms with van der Waals surface area (Å²) in [7, 11) is 2.93. The number of carbonyl (C=O) groups excluding carboxylic acids is 2. The molecule has 18 heavy (non-hydrogen) atoms. The Kier molecular flexibility index (Phi) is 5.06. The molecule has 1 aliphatic rings. The van der Waals surface area contributed by atoms with Gasteiger partial charge in [0.05, 0.1) is 12.1 Å². The zero-order chi connectivity index (χ0) is 13.9. The van der Waals surface area contributed by atoms with Gasteiger partial charge in [0.15, 0.2) is 6.10 Å². The van der Waals surface area contributed by atoms with Crippen molar-refractivity contribution in [1.82, 2.24) is 5.32 Å². The number of ether oxygens (including phenoxy) is 3. The van der Waals surface area contributed by atoms with Crippen molar-refractivity contribution in [1.29, 1.82) is 0 Å². The lowest BCUT2D eigenvalue weighted by molar-refractivity contribution is -0.199. The first kappa shape index (κ1) is 14.9. The molecule has 0 aromatic rings. The summed E-state index contributed by atoms with van der Waals surface area (Å²) >= 11 is 0. The van der Waals surface area contributed by atoms with E-state index in [1.807, 2.05) is 0 Å². The Morgan fingerprint density at radius 2 is 1.78 bits per heavy atom. The van der Waals surface area contributed by atoms with Gasteiger partial charge in [-0.25, -0.2) is 0 Å². The van der Waals surface area contributed by atoms with E-state index in [-0.39, 0.29) is 5.91 Å². The number of methoxy groups -OCH3 is 2. The highest BCUT2D eigenvalue weighted by Gasteiger charge is 2.47. The first-order chi connectivity index (χ1) is 8.42. The fourth-order valence-electron chi connectivity index (χ4n) is 2.24. The number of hydrogen-bond acceptors (Lipinski definition) is 5. The fraction of sp³-hybridized carbons (Fsp3) is 0.818. The lowest BCUT2D eigenvalue weighted by Gasteiger charge is -2.43. The average molecular weight is 260 g/mol. The molecule has 1 fully saturated rings. The van der Waals surface area contributed by atoms with E-state index in [0.717, 1.165) is 0 Å². The van der Waals surface area contributed by atoms with Crippen LogP contribution >= 0.6 is 0 Å². The van der Waals surface area contributed by atoms with Gasteiger partial charge in [0.1, 0.15) is 12.2 Å². The topological polar surface area (TPSA) is 99.9 Å². The van der Waals surface area contributed by atoms with Crippen molar-refractivity contribution in [3.8, 4) is 0 Å². The number of primary amides is 1. The Labute approximate surface area is 106 Å². The summed E-state index contributed by atoms with van der Waals surface area (Å²) in [6, 6.07) is -0.395. The molecule has 104 valence electrons. The number of nitrogens with two attached hydrogens (primary N) is 1. The normalized spacial score (nSPS) is 36.1. The van der Waals surface area contributed by atoms with Gasteiger partial charge in [-0.2, -0.15) is 0 Å². The number of carbonyl (C=O) groups is 2. The van der Waals surface area contributed by atoms with E-state index in [2.05, 4.69) is 5.32 Å². The molecule has 0 saturated carbocycles. The van der Waals surface area contributed by atoms with Crippen molar-refractivity contribution >= 4 is 11.8 Å². The van der Waals surface area contributed by atoms with Gasteiger partial charge < -0.3 is 25.3 Å². The van der Waals surface area contributed by atoms with E-state index in [0.29, 0.717) is 0 Å². The molecule has 0 spiro atoms. The van der Waals surface area contributed by atoms with E-state index in [1.54, 1.807) is 6.92 Å². The monoisotopic (exact) mass is 260 g/mol. The average Bonchev–Trinajstić information content (AvgIpc) is 2.29. The van der Waals surface area contributed by atoms with Gasteiger partial charge in [-0.15, -0.1) is 0 Å². The molecule has 7 heteroatoms. The molecule has 0 bridgehead atoms. The molecule has 0 aliphatic carbocycles. The van der Waals surface area contributed by atoms with Gasteiger partial charge >= 0.3 is 0 Å². The summed E-state index contributed by atoms with van der Waals surface area (Å²) in [5.41, 5.74) is 5.27. The highest BCUT2D eigenvalue weighted by Crippen LogP contribution is 2.25. The minimum Gasteiger partial charge on any atom is -0.376 e. The van der Waals surface area contributed by atoms with Gasteiger partial charge in [0.2, 0.25) is 11.8 Å². The van der Waals surface area contributed by atoms with Gasteiger partial charge in [0.25, 0.3) is 0 Å². The van der Waals surface area contributed by atoms with E-state index in [4.69, 9.17) is 19.9 Å². The van der Waals surface area contributed by atoms with Crippen LogP contribution in [0.3, 0.4) is 0 Å². The van der Waals surface area contributed by atoms with Crippen LogP contribution in [-0.2, 0) is 23.8 Å². The summed E-state index contributed by atoms with van der Waals surface area (Å²) < 4.78 is 16.1. The SMILES string of the molecule is CO[C@@H]1[C@H](OC)[C@@H](NC(C)=O)C(C)O[C@@H]1C(N)=O. The van der Waals surface area contributed by atoms with Crippen LogP contribution in [-0.4, -0.2) is 56.5 Å². The highest BCUT2D eigenvalue weighted by atomic mass is 16.6. The third kappa shape index (κ3) is 2.98. The zero-order valence-electron chi connectivity index (χ0n) is 11.0. The van der Waals surface area contributed by atoms with Crippen LogP contribution in [0, 0.1) is 0 Å². The smallest absolute Gasteiger partial charge is 0.249 e. The third-order valence-electron chi connectivity index (χ3n) is 3.04. The molecule has 1 rings (SSSR count). The number of amides is 2. The summed E-state index contributed by atoms with van der Waals surface area (Å²) in [6.45, 7) is 3.15. The number of nitrogens with one attached hydrogen (secondary N) is 1. The van der Waals surface area contributed by atoms with Gasteiger partial charge in [-0.05, 0) is 6.92 Å². The first-order valence-electron chi connectivity index (χ1n) is 5.69. The minimum atomic E-state index is -0.889. The van der Waals surface area contributed by atoms with Gasteiger partial charge in [-0.1, -0.05) is 0 Å². The fourth-order valence-corrected chi connectivity index (χ4v) is 2.24. The second-order valence-corrected chi connectivity index (χ2v) is 4.29. The Morgan fingerprint density at radius 3 is 2.17 bits per heavy atom. The van der Waals surface area contributed by atoms with Crippen LogP contribution in [0.25, 0.3) is 0 Å². The first-order valence-corrected chi connectivity index (χ1v) is 5.69. The molecule has 1 aliphatic heterocycles. The molecular formula is C11H20N2O5. The zero-order valence-corrected chi connectivity index (χ0v) is 11.0. The molecule has 0 aromatic heterocycles. The molecule has 5 atom stereocenters. The van der Waals surface area contributed by atoms with Crippen molar-refractivity contribution < 1.29 is 23.8 Å². The number of rotatable bonds is 4. The lowest BCUT2D eigenvalue weighted by Crippen LogP contribution is -2.65. The maximum atomic E-state index is 11.3. The molecule has 3 N–H and O–H groups in total. The molecule has 0 radical (unpaired) electrons. The van der Waals surface area contributed by atoms with Crippen molar-refractivity contribution in [3.05, 3.63) is 0 Å². The van der Waals surface area contributed by atoms with Crippen LogP contribution in [0.1, 0.15) is 13.8 Å². The summed E-state index contributed by atoms with van der Waals surface area (Å²) in [5.74, 6) is -0.818. The summed E-state index contributed by atoms with van der Waals surface area (Å²) in [6.07, 6.45) is -2.44. The Balaban J connectivity index is 2.95. The van der Waals surface area contributed by atoms with Gasteiger partial charge in [-0.3, -0.25) is 9.59 Å². The summed E-state index contributed by atoms with van der Waals surface area (Å²) in [5, 5.41) is 2.74. The van der Waals surface area contributed by atoms with Crippen molar-refractivity contribution in [2.45, 2.75) is 44.3 Å². The molecule has 0 aromatic carbocycles.